The molecule has 3 rings (SSSR count). The Balaban J connectivity index is 1.60. The molecule has 25 heavy (non-hydrogen) atoms. The van der Waals surface area contributed by atoms with Gasteiger partial charge in [0.15, 0.2) is 0 Å². The number of rotatable bonds is 5. The van der Waals surface area contributed by atoms with E-state index in [-0.39, 0.29) is 5.91 Å². The molecule has 0 bridgehead atoms. The standard InChI is InChI=1S/C19H20N4OS/c20-13-15-12-14-6-2-1-3-7-16(14)22-19(15)25-11-9-18(24)23-17-8-4-5-10-21-17/h4-5,8,10,12H,1-3,6-7,9,11H2,(H,21,23,24). The molecule has 2 aromatic rings. The van der Waals surface area contributed by atoms with E-state index in [9.17, 15) is 10.1 Å². The van der Waals surface area contributed by atoms with E-state index in [4.69, 9.17) is 4.98 Å². The van der Waals surface area contributed by atoms with Crippen LogP contribution in [0.1, 0.15) is 42.5 Å². The van der Waals surface area contributed by atoms with Gasteiger partial charge in [0.2, 0.25) is 5.91 Å². The topological polar surface area (TPSA) is 78.7 Å². The number of nitrogens with zero attached hydrogens (tertiary/aromatic N) is 3. The lowest BCUT2D eigenvalue weighted by Gasteiger charge is -2.10. The summed E-state index contributed by atoms with van der Waals surface area (Å²) in [6.45, 7) is 0. The van der Waals surface area contributed by atoms with E-state index in [1.807, 2.05) is 12.1 Å². The third kappa shape index (κ3) is 4.80. The second-order valence-electron chi connectivity index (χ2n) is 5.98. The number of thioether (sulfide) groups is 1. The molecule has 0 spiro atoms. The highest BCUT2D eigenvalue weighted by molar-refractivity contribution is 7.99. The first-order chi connectivity index (χ1) is 12.3. The normalized spacial score (nSPS) is 13.4. The lowest BCUT2D eigenvalue weighted by Crippen LogP contribution is -2.13. The lowest BCUT2D eigenvalue weighted by atomic mass is 10.1. The van der Waals surface area contributed by atoms with Crippen LogP contribution in [-0.2, 0) is 17.6 Å². The molecule has 0 aliphatic heterocycles. The molecular formula is C19H20N4OS. The van der Waals surface area contributed by atoms with Crippen LogP contribution in [0.3, 0.4) is 0 Å². The van der Waals surface area contributed by atoms with Crippen LogP contribution in [0.2, 0.25) is 0 Å². The number of carbonyl (C=O) groups excluding carboxylic acids is 1. The summed E-state index contributed by atoms with van der Waals surface area (Å²) in [6, 6.07) is 9.63. The van der Waals surface area contributed by atoms with Crippen molar-refractivity contribution in [2.45, 2.75) is 43.6 Å². The molecule has 1 aliphatic carbocycles. The third-order valence-electron chi connectivity index (χ3n) is 4.14. The summed E-state index contributed by atoms with van der Waals surface area (Å²) in [5, 5.41) is 12.9. The largest absolute Gasteiger partial charge is 0.311 e. The van der Waals surface area contributed by atoms with Crippen LogP contribution < -0.4 is 5.32 Å². The maximum Gasteiger partial charge on any atom is 0.226 e. The highest BCUT2D eigenvalue weighted by atomic mass is 32.2. The van der Waals surface area contributed by atoms with Gasteiger partial charge in [-0.2, -0.15) is 5.26 Å². The predicted octanol–water partition coefficient (Wildman–Crippen LogP) is 3.74. The lowest BCUT2D eigenvalue weighted by molar-refractivity contribution is -0.115. The fraction of sp³-hybridized carbons (Fsp3) is 0.368. The zero-order valence-electron chi connectivity index (χ0n) is 14.0. The maximum atomic E-state index is 12.0. The minimum Gasteiger partial charge on any atom is -0.311 e. The van der Waals surface area contributed by atoms with E-state index >= 15 is 0 Å². The molecule has 0 atom stereocenters. The first-order valence-electron chi connectivity index (χ1n) is 8.53. The molecule has 2 aromatic heterocycles. The minimum absolute atomic E-state index is 0.0838. The number of hydrogen-bond donors (Lipinski definition) is 1. The summed E-state index contributed by atoms with van der Waals surface area (Å²) in [4.78, 5) is 20.8. The number of aryl methyl sites for hydroxylation is 2. The van der Waals surface area contributed by atoms with Gasteiger partial charge in [0, 0.05) is 24.1 Å². The fourth-order valence-electron chi connectivity index (χ4n) is 2.86. The second kappa shape index (κ2) is 8.63. The number of aromatic nitrogens is 2. The summed E-state index contributed by atoms with van der Waals surface area (Å²) in [6.07, 6.45) is 7.52. The molecule has 1 N–H and O–H groups in total. The smallest absolute Gasteiger partial charge is 0.226 e. The molecule has 0 saturated carbocycles. The number of nitrogens with one attached hydrogen (secondary N) is 1. The molecule has 1 amide bonds. The van der Waals surface area contributed by atoms with Crippen molar-refractivity contribution in [2.24, 2.45) is 0 Å². The monoisotopic (exact) mass is 352 g/mol. The van der Waals surface area contributed by atoms with Gasteiger partial charge in [-0.05, 0) is 49.4 Å². The fourth-order valence-corrected chi connectivity index (χ4v) is 3.78. The Morgan fingerprint density at radius 1 is 1.28 bits per heavy atom. The van der Waals surface area contributed by atoms with Gasteiger partial charge in [0.1, 0.15) is 16.9 Å². The molecule has 0 radical (unpaired) electrons. The Morgan fingerprint density at radius 3 is 2.96 bits per heavy atom. The second-order valence-corrected chi connectivity index (χ2v) is 7.06. The van der Waals surface area contributed by atoms with Crippen LogP contribution >= 0.6 is 11.8 Å². The summed E-state index contributed by atoms with van der Waals surface area (Å²) >= 11 is 1.48. The van der Waals surface area contributed by atoms with Crippen molar-refractivity contribution in [2.75, 3.05) is 11.1 Å². The van der Waals surface area contributed by atoms with Crippen molar-refractivity contribution >= 4 is 23.5 Å². The Hall–Kier alpha value is -2.39. The van der Waals surface area contributed by atoms with Crippen molar-refractivity contribution in [3.8, 4) is 6.07 Å². The molecule has 0 saturated heterocycles. The van der Waals surface area contributed by atoms with Gasteiger partial charge in [-0.15, -0.1) is 11.8 Å². The summed E-state index contributed by atoms with van der Waals surface area (Å²) < 4.78 is 0. The number of pyridine rings is 2. The summed E-state index contributed by atoms with van der Waals surface area (Å²) in [5.74, 6) is 1.05. The Labute approximate surface area is 151 Å². The Morgan fingerprint density at radius 2 is 2.16 bits per heavy atom. The highest BCUT2D eigenvalue weighted by Gasteiger charge is 2.15. The van der Waals surface area contributed by atoms with Gasteiger partial charge in [-0.25, -0.2) is 9.97 Å². The van der Waals surface area contributed by atoms with Crippen molar-refractivity contribution in [3.63, 3.8) is 0 Å². The van der Waals surface area contributed by atoms with Crippen molar-refractivity contribution in [3.05, 3.63) is 47.3 Å². The average molecular weight is 352 g/mol. The van der Waals surface area contributed by atoms with Gasteiger partial charge in [0.05, 0.1) is 5.56 Å². The maximum absolute atomic E-state index is 12.0. The molecule has 6 heteroatoms. The predicted molar refractivity (Wildman–Crippen MR) is 98.4 cm³/mol. The average Bonchev–Trinajstić information content (AvgIpc) is 2.86. The number of carbonyl (C=O) groups is 1. The molecule has 0 fully saturated rings. The van der Waals surface area contributed by atoms with Crippen LogP contribution in [-0.4, -0.2) is 21.6 Å². The molecular weight excluding hydrogens is 332 g/mol. The Kier molecular flexibility index (Phi) is 6.02. The Bertz CT molecular complexity index is 786. The van der Waals surface area contributed by atoms with Gasteiger partial charge in [-0.3, -0.25) is 4.79 Å². The van der Waals surface area contributed by atoms with Gasteiger partial charge >= 0.3 is 0 Å². The zero-order valence-corrected chi connectivity index (χ0v) is 14.8. The van der Waals surface area contributed by atoms with E-state index in [1.54, 1.807) is 18.3 Å². The van der Waals surface area contributed by atoms with E-state index in [2.05, 4.69) is 16.4 Å². The number of fused-ring (bicyclic) bond motifs is 1. The van der Waals surface area contributed by atoms with Crippen molar-refractivity contribution in [1.82, 2.24) is 9.97 Å². The number of nitriles is 1. The van der Waals surface area contributed by atoms with Crippen molar-refractivity contribution in [1.29, 1.82) is 5.26 Å². The molecule has 0 aromatic carbocycles. The van der Waals surface area contributed by atoms with E-state index in [0.717, 1.165) is 30.0 Å². The van der Waals surface area contributed by atoms with E-state index in [1.165, 1.54) is 30.2 Å². The van der Waals surface area contributed by atoms with Gasteiger partial charge in [-0.1, -0.05) is 12.5 Å². The van der Waals surface area contributed by atoms with Crippen LogP contribution in [0.5, 0.6) is 0 Å². The van der Waals surface area contributed by atoms with Gasteiger partial charge in [0.25, 0.3) is 0 Å². The third-order valence-corrected chi connectivity index (χ3v) is 5.13. The first-order valence-corrected chi connectivity index (χ1v) is 9.51. The minimum atomic E-state index is -0.0838. The first kappa shape index (κ1) is 17.4. The van der Waals surface area contributed by atoms with Crippen LogP contribution in [0.4, 0.5) is 5.82 Å². The highest BCUT2D eigenvalue weighted by Crippen LogP contribution is 2.27. The van der Waals surface area contributed by atoms with Crippen LogP contribution in [0, 0.1) is 11.3 Å². The number of hydrogen-bond acceptors (Lipinski definition) is 5. The number of amides is 1. The molecule has 1 aliphatic rings. The molecule has 2 heterocycles. The zero-order chi connectivity index (χ0) is 17.5. The molecule has 5 nitrogen and oxygen atoms in total. The van der Waals surface area contributed by atoms with Gasteiger partial charge < -0.3 is 5.32 Å². The molecule has 128 valence electrons. The SMILES string of the molecule is N#Cc1cc2c(nc1SCCC(=O)Nc1ccccn1)CCCCC2. The van der Waals surface area contributed by atoms with Crippen LogP contribution in [0.25, 0.3) is 0 Å². The summed E-state index contributed by atoms with van der Waals surface area (Å²) in [7, 11) is 0. The summed E-state index contributed by atoms with van der Waals surface area (Å²) in [5.41, 5.74) is 2.96. The van der Waals surface area contributed by atoms with E-state index < -0.39 is 0 Å². The molecule has 0 unspecified atom stereocenters. The van der Waals surface area contributed by atoms with Crippen molar-refractivity contribution < 1.29 is 4.79 Å². The van der Waals surface area contributed by atoms with E-state index in [0.29, 0.717) is 23.6 Å². The number of anilines is 1. The van der Waals surface area contributed by atoms with Crippen LogP contribution in [0.15, 0.2) is 35.5 Å². The quantitative estimate of drug-likeness (QED) is 0.655.